The molecule has 2 atom stereocenters. The van der Waals surface area contributed by atoms with Crippen LogP contribution in [0.5, 0.6) is 0 Å². The zero-order chi connectivity index (χ0) is 15.4. The summed E-state index contributed by atoms with van der Waals surface area (Å²) in [6.07, 6.45) is 0.876. The normalized spacial score (nSPS) is 13.9. The number of fused-ring (bicyclic) bond motifs is 1. The van der Waals surface area contributed by atoms with E-state index in [9.17, 15) is 0 Å². The maximum atomic E-state index is 15.1. The highest BCUT2D eigenvalue weighted by atomic mass is 19.1. The van der Waals surface area contributed by atoms with E-state index in [1.165, 1.54) is 10.8 Å². The largest absolute Gasteiger partial charge is 0.242 e. The van der Waals surface area contributed by atoms with Gasteiger partial charge in [0.05, 0.1) is 0 Å². The van der Waals surface area contributed by atoms with E-state index in [2.05, 4.69) is 37.3 Å². The van der Waals surface area contributed by atoms with Gasteiger partial charge in [0.1, 0.15) is 6.17 Å². The summed E-state index contributed by atoms with van der Waals surface area (Å²) < 4.78 is 15.1. The van der Waals surface area contributed by atoms with E-state index in [1.807, 2.05) is 42.5 Å². The number of hydrogen-bond donors (Lipinski definition) is 0. The molecule has 1 heteroatoms. The number of hydrogen-bond acceptors (Lipinski definition) is 0. The summed E-state index contributed by atoms with van der Waals surface area (Å²) in [6.45, 7) is 2.12. The minimum absolute atomic E-state index is 0.0861. The monoisotopic (exact) mass is 292 g/mol. The fourth-order valence-electron chi connectivity index (χ4n) is 3.10. The fourth-order valence-corrected chi connectivity index (χ4v) is 3.10. The SMILES string of the molecule is CCC[C@H](c1ccc2ccccc2c1)[C@H](F)c1ccccc1. The Morgan fingerprint density at radius 2 is 1.45 bits per heavy atom. The van der Waals surface area contributed by atoms with Crippen LogP contribution in [0.1, 0.15) is 43.0 Å². The molecule has 0 aliphatic carbocycles. The van der Waals surface area contributed by atoms with Gasteiger partial charge in [0.15, 0.2) is 0 Å². The second-order valence-electron chi connectivity index (χ2n) is 5.81. The Morgan fingerprint density at radius 3 is 2.18 bits per heavy atom. The summed E-state index contributed by atoms with van der Waals surface area (Å²) in [4.78, 5) is 0. The molecule has 3 rings (SSSR count). The molecular formula is C21H21F. The van der Waals surface area contributed by atoms with Crippen LogP contribution in [0.3, 0.4) is 0 Å². The van der Waals surface area contributed by atoms with E-state index in [4.69, 9.17) is 0 Å². The van der Waals surface area contributed by atoms with Crippen LogP contribution >= 0.6 is 0 Å². The zero-order valence-corrected chi connectivity index (χ0v) is 12.9. The van der Waals surface area contributed by atoms with Crippen LogP contribution in [0.15, 0.2) is 72.8 Å². The first-order valence-corrected chi connectivity index (χ1v) is 7.97. The summed E-state index contributed by atoms with van der Waals surface area (Å²) in [5.41, 5.74) is 1.87. The highest BCUT2D eigenvalue weighted by molar-refractivity contribution is 5.83. The van der Waals surface area contributed by atoms with E-state index in [1.54, 1.807) is 0 Å². The molecule has 0 aliphatic heterocycles. The summed E-state index contributed by atoms with van der Waals surface area (Å²) >= 11 is 0. The second-order valence-corrected chi connectivity index (χ2v) is 5.81. The minimum atomic E-state index is -0.956. The number of benzene rings is 3. The van der Waals surface area contributed by atoms with Crippen LogP contribution in [0, 0.1) is 0 Å². The second kappa shape index (κ2) is 6.74. The molecule has 0 heterocycles. The Hall–Kier alpha value is -2.15. The highest BCUT2D eigenvalue weighted by Crippen LogP contribution is 2.38. The third kappa shape index (κ3) is 3.04. The minimum Gasteiger partial charge on any atom is -0.242 e. The smallest absolute Gasteiger partial charge is 0.132 e. The molecule has 0 nitrogen and oxygen atoms in total. The molecule has 0 saturated carbocycles. The van der Waals surface area contributed by atoms with Crippen LogP contribution in [0.2, 0.25) is 0 Å². The first kappa shape index (κ1) is 14.8. The molecule has 22 heavy (non-hydrogen) atoms. The molecular weight excluding hydrogens is 271 g/mol. The lowest BCUT2D eigenvalue weighted by atomic mass is 9.86. The summed E-state index contributed by atoms with van der Waals surface area (Å²) in [6, 6.07) is 24.1. The standard InChI is InChI=1S/C21H21F/c1-2-8-20(21(22)17-10-4-3-5-11-17)19-14-13-16-9-6-7-12-18(16)15-19/h3-7,9-15,20-21H,2,8H2,1H3/t20-,21-/m1/s1. The molecule has 112 valence electrons. The lowest BCUT2D eigenvalue weighted by Crippen LogP contribution is -2.07. The van der Waals surface area contributed by atoms with Crippen molar-refractivity contribution in [3.05, 3.63) is 83.9 Å². The molecule has 0 amide bonds. The molecule has 0 aromatic heterocycles. The van der Waals surface area contributed by atoms with Crippen molar-refractivity contribution < 1.29 is 4.39 Å². The van der Waals surface area contributed by atoms with Gasteiger partial charge < -0.3 is 0 Å². The van der Waals surface area contributed by atoms with Crippen molar-refractivity contribution in [1.29, 1.82) is 0 Å². The van der Waals surface area contributed by atoms with Gasteiger partial charge in [0.25, 0.3) is 0 Å². The zero-order valence-electron chi connectivity index (χ0n) is 12.9. The fraction of sp³-hybridized carbons (Fsp3) is 0.238. The third-order valence-electron chi connectivity index (χ3n) is 4.27. The first-order valence-electron chi connectivity index (χ1n) is 7.97. The van der Waals surface area contributed by atoms with Crippen molar-refractivity contribution in [2.24, 2.45) is 0 Å². The van der Waals surface area contributed by atoms with Crippen molar-refractivity contribution in [2.75, 3.05) is 0 Å². The van der Waals surface area contributed by atoms with Crippen molar-refractivity contribution in [3.8, 4) is 0 Å². The van der Waals surface area contributed by atoms with Gasteiger partial charge in [-0.05, 0) is 28.3 Å². The Morgan fingerprint density at radius 1 is 0.773 bits per heavy atom. The van der Waals surface area contributed by atoms with E-state index in [-0.39, 0.29) is 5.92 Å². The van der Waals surface area contributed by atoms with Crippen molar-refractivity contribution in [1.82, 2.24) is 0 Å². The van der Waals surface area contributed by atoms with Crippen LogP contribution < -0.4 is 0 Å². The van der Waals surface area contributed by atoms with Crippen molar-refractivity contribution in [2.45, 2.75) is 31.9 Å². The Labute approximate surface area is 131 Å². The molecule has 0 aliphatic rings. The maximum absolute atomic E-state index is 15.1. The quantitative estimate of drug-likeness (QED) is 0.508. The molecule has 0 unspecified atom stereocenters. The topological polar surface area (TPSA) is 0 Å². The van der Waals surface area contributed by atoms with Gasteiger partial charge in [-0.25, -0.2) is 4.39 Å². The van der Waals surface area contributed by atoms with Gasteiger partial charge >= 0.3 is 0 Å². The van der Waals surface area contributed by atoms with Gasteiger partial charge in [0.2, 0.25) is 0 Å². The summed E-state index contributed by atoms with van der Waals surface area (Å²) in [5, 5.41) is 2.39. The molecule has 0 spiro atoms. The average Bonchev–Trinajstić information content (AvgIpc) is 2.59. The molecule has 0 N–H and O–H groups in total. The number of rotatable bonds is 5. The Bertz CT molecular complexity index is 733. The average molecular weight is 292 g/mol. The first-order chi connectivity index (χ1) is 10.8. The van der Waals surface area contributed by atoms with Gasteiger partial charge in [-0.1, -0.05) is 86.1 Å². The van der Waals surface area contributed by atoms with E-state index >= 15 is 4.39 Å². The van der Waals surface area contributed by atoms with E-state index in [0.29, 0.717) is 0 Å². The summed E-state index contributed by atoms with van der Waals surface area (Å²) in [7, 11) is 0. The van der Waals surface area contributed by atoms with E-state index < -0.39 is 6.17 Å². The molecule has 3 aromatic carbocycles. The molecule has 0 radical (unpaired) electrons. The Balaban J connectivity index is 1.98. The highest BCUT2D eigenvalue weighted by Gasteiger charge is 2.23. The van der Waals surface area contributed by atoms with Crippen LogP contribution in [-0.2, 0) is 0 Å². The number of halogens is 1. The van der Waals surface area contributed by atoms with Gasteiger partial charge in [-0.2, -0.15) is 0 Å². The third-order valence-corrected chi connectivity index (χ3v) is 4.27. The summed E-state index contributed by atoms with van der Waals surface area (Å²) in [5.74, 6) is -0.0861. The van der Waals surface area contributed by atoms with Gasteiger partial charge in [0, 0.05) is 5.92 Å². The molecule has 0 bridgehead atoms. The van der Waals surface area contributed by atoms with Gasteiger partial charge in [-0.15, -0.1) is 0 Å². The predicted octanol–water partition coefficient (Wildman–Crippen LogP) is 6.43. The number of alkyl halides is 1. The maximum Gasteiger partial charge on any atom is 0.132 e. The van der Waals surface area contributed by atoms with Crippen molar-refractivity contribution in [3.63, 3.8) is 0 Å². The van der Waals surface area contributed by atoms with Crippen molar-refractivity contribution >= 4 is 10.8 Å². The van der Waals surface area contributed by atoms with Crippen LogP contribution in [-0.4, -0.2) is 0 Å². The molecule has 0 saturated heterocycles. The van der Waals surface area contributed by atoms with Crippen LogP contribution in [0.4, 0.5) is 4.39 Å². The van der Waals surface area contributed by atoms with E-state index in [0.717, 1.165) is 24.0 Å². The lowest BCUT2D eigenvalue weighted by molar-refractivity contribution is 0.276. The van der Waals surface area contributed by atoms with Crippen LogP contribution in [0.25, 0.3) is 10.8 Å². The predicted molar refractivity (Wildman–Crippen MR) is 91.9 cm³/mol. The lowest BCUT2D eigenvalue weighted by Gasteiger charge is -2.22. The molecule has 3 aromatic rings. The molecule has 0 fully saturated rings. The van der Waals surface area contributed by atoms with Gasteiger partial charge in [-0.3, -0.25) is 0 Å². The Kier molecular flexibility index (Phi) is 4.53.